The van der Waals surface area contributed by atoms with Crippen molar-refractivity contribution in [2.75, 3.05) is 17.8 Å². The molecule has 7 heteroatoms. The SMILES string of the molecule is CNc1ccc(Cl)cc1/C(C)=N\Nc1ccc(C(F)(F)F)cc1. The number of halogens is 4. The molecule has 23 heavy (non-hydrogen) atoms. The first-order chi connectivity index (χ1) is 10.8. The fourth-order valence-electron chi connectivity index (χ4n) is 1.98. The molecule has 3 nitrogen and oxygen atoms in total. The number of nitrogens with one attached hydrogen (secondary N) is 2. The Balaban J connectivity index is 2.18. The fourth-order valence-corrected chi connectivity index (χ4v) is 2.15. The molecule has 0 spiro atoms. The van der Waals surface area contributed by atoms with E-state index in [-0.39, 0.29) is 0 Å². The number of rotatable bonds is 4. The van der Waals surface area contributed by atoms with Crippen molar-refractivity contribution in [1.82, 2.24) is 0 Å². The highest BCUT2D eigenvalue weighted by molar-refractivity contribution is 6.31. The topological polar surface area (TPSA) is 36.4 Å². The summed E-state index contributed by atoms with van der Waals surface area (Å²) in [7, 11) is 1.78. The Morgan fingerprint density at radius 1 is 1.09 bits per heavy atom. The van der Waals surface area contributed by atoms with E-state index >= 15 is 0 Å². The fraction of sp³-hybridized carbons (Fsp3) is 0.188. The van der Waals surface area contributed by atoms with Crippen molar-refractivity contribution in [3.05, 3.63) is 58.6 Å². The number of hydrazone groups is 1. The van der Waals surface area contributed by atoms with E-state index in [1.807, 2.05) is 6.07 Å². The van der Waals surface area contributed by atoms with Crippen LogP contribution in [-0.2, 0) is 6.18 Å². The van der Waals surface area contributed by atoms with Gasteiger partial charge < -0.3 is 5.32 Å². The minimum Gasteiger partial charge on any atom is -0.388 e. The molecule has 0 amide bonds. The molecular formula is C16H15ClF3N3. The van der Waals surface area contributed by atoms with Crippen LogP contribution >= 0.6 is 11.6 Å². The van der Waals surface area contributed by atoms with E-state index < -0.39 is 11.7 Å². The third kappa shape index (κ3) is 4.39. The molecule has 0 aliphatic carbocycles. The summed E-state index contributed by atoms with van der Waals surface area (Å²) in [4.78, 5) is 0. The van der Waals surface area contributed by atoms with E-state index in [4.69, 9.17) is 11.6 Å². The van der Waals surface area contributed by atoms with Crippen molar-refractivity contribution in [2.24, 2.45) is 5.10 Å². The smallest absolute Gasteiger partial charge is 0.388 e. The minimum absolute atomic E-state index is 0.463. The predicted octanol–water partition coefficient (Wildman–Crippen LogP) is 5.24. The van der Waals surface area contributed by atoms with Gasteiger partial charge in [0.2, 0.25) is 0 Å². The Morgan fingerprint density at radius 2 is 1.74 bits per heavy atom. The van der Waals surface area contributed by atoms with Gasteiger partial charge in [0.15, 0.2) is 0 Å². The van der Waals surface area contributed by atoms with Gasteiger partial charge in [0, 0.05) is 23.3 Å². The molecule has 0 saturated carbocycles. The number of nitrogens with zero attached hydrogens (tertiary/aromatic N) is 1. The van der Waals surface area contributed by atoms with Gasteiger partial charge in [-0.2, -0.15) is 18.3 Å². The van der Waals surface area contributed by atoms with Gasteiger partial charge in [-0.05, 0) is 49.4 Å². The van der Waals surface area contributed by atoms with Crippen LogP contribution in [0.15, 0.2) is 47.6 Å². The van der Waals surface area contributed by atoms with Crippen LogP contribution in [0.1, 0.15) is 18.1 Å². The maximum atomic E-state index is 12.5. The van der Waals surface area contributed by atoms with E-state index in [1.165, 1.54) is 12.1 Å². The summed E-state index contributed by atoms with van der Waals surface area (Å²) in [5.74, 6) is 0. The average Bonchev–Trinajstić information content (AvgIpc) is 2.52. The van der Waals surface area contributed by atoms with Crippen molar-refractivity contribution in [3.8, 4) is 0 Å². The zero-order valence-corrected chi connectivity index (χ0v) is 13.3. The lowest BCUT2D eigenvalue weighted by Gasteiger charge is -2.10. The maximum Gasteiger partial charge on any atom is 0.416 e. The molecule has 2 N–H and O–H groups in total. The van der Waals surface area contributed by atoms with Gasteiger partial charge in [0.1, 0.15) is 0 Å². The van der Waals surface area contributed by atoms with E-state index in [9.17, 15) is 13.2 Å². The molecule has 0 fully saturated rings. The lowest BCUT2D eigenvalue weighted by atomic mass is 10.1. The minimum atomic E-state index is -4.35. The Hall–Kier alpha value is -2.21. The van der Waals surface area contributed by atoms with Gasteiger partial charge >= 0.3 is 6.18 Å². The molecule has 122 valence electrons. The molecule has 0 aromatic heterocycles. The van der Waals surface area contributed by atoms with Crippen molar-refractivity contribution < 1.29 is 13.2 Å². The summed E-state index contributed by atoms with van der Waals surface area (Å²) < 4.78 is 37.5. The highest BCUT2D eigenvalue weighted by atomic mass is 35.5. The number of benzene rings is 2. The van der Waals surface area contributed by atoms with Crippen LogP contribution in [0.2, 0.25) is 5.02 Å². The van der Waals surface area contributed by atoms with Crippen LogP contribution < -0.4 is 10.7 Å². The molecular weight excluding hydrogens is 327 g/mol. The first kappa shape index (κ1) is 17.1. The molecule has 2 aromatic carbocycles. The van der Waals surface area contributed by atoms with Gasteiger partial charge in [0.05, 0.1) is 17.0 Å². The maximum absolute atomic E-state index is 12.5. The number of hydrogen-bond donors (Lipinski definition) is 2. The summed E-state index contributed by atoms with van der Waals surface area (Å²) in [5.41, 5.74) is 4.81. The molecule has 0 heterocycles. The predicted molar refractivity (Wildman–Crippen MR) is 88.3 cm³/mol. The zero-order valence-electron chi connectivity index (χ0n) is 12.5. The molecule has 0 aliphatic rings. The van der Waals surface area contributed by atoms with E-state index in [0.717, 1.165) is 23.4 Å². The van der Waals surface area contributed by atoms with Crippen LogP contribution in [0.3, 0.4) is 0 Å². The van der Waals surface area contributed by atoms with Crippen molar-refractivity contribution in [3.63, 3.8) is 0 Å². The van der Waals surface area contributed by atoms with E-state index in [0.29, 0.717) is 16.4 Å². The monoisotopic (exact) mass is 341 g/mol. The van der Waals surface area contributed by atoms with E-state index in [1.54, 1.807) is 26.1 Å². The Kier molecular flexibility index (Phi) is 5.15. The molecule has 0 bridgehead atoms. The Labute approximate surface area is 137 Å². The van der Waals surface area contributed by atoms with Gasteiger partial charge in [-0.1, -0.05) is 11.6 Å². The van der Waals surface area contributed by atoms with Gasteiger partial charge in [0.25, 0.3) is 0 Å². The first-order valence-corrected chi connectivity index (χ1v) is 7.14. The van der Waals surface area contributed by atoms with Gasteiger partial charge in [-0.25, -0.2) is 0 Å². The summed E-state index contributed by atoms with van der Waals surface area (Å²) in [6.07, 6.45) is -4.35. The second-order valence-electron chi connectivity index (χ2n) is 4.82. The van der Waals surface area contributed by atoms with Crippen molar-refractivity contribution in [2.45, 2.75) is 13.1 Å². The summed E-state index contributed by atoms with van der Waals surface area (Å²) in [5, 5.41) is 7.80. The largest absolute Gasteiger partial charge is 0.416 e. The lowest BCUT2D eigenvalue weighted by molar-refractivity contribution is -0.137. The Bertz CT molecular complexity index is 710. The molecule has 0 radical (unpaired) electrons. The standard InChI is InChI=1S/C16H15ClF3N3/c1-10(14-9-12(17)5-8-15(14)21-2)22-23-13-6-3-11(4-7-13)16(18,19)20/h3-9,21,23H,1-2H3/b22-10-. The second kappa shape index (κ2) is 6.91. The summed E-state index contributed by atoms with van der Waals surface area (Å²) >= 11 is 5.99. The third-order valence-corrected chi connectivity index (χ3v) is 3.44. The quantitative estimate of drug-likeness (QED) is 0.589. The molecule has 0 atom stereocenters. The zero-order chi connectivity index (χ0) is 17.0. The molecule has 2 rings (SSSR count). The highest BCUT2D eigenvalue weighted by Crippen LogP contribution is 2.29. The van der Waals surface area contributed by atoms with Gasteiger partial charge in [-0.15, -0.1) is 0 Å². The number of anilines is 2. The lowest BCUT2D eigenvalue weighted by Crippen LogP contribution is -2.05. The molecule has 0 unspecified atom stereocenters. The van der Waals surface area contributed by atoms with E-state index in [2.05, 4.69) is 15.8 Å². The average molecular weight is 342 g/mol. The van der Waals surface area contributed by atoms with Gasteiger partial charge in [-0.3, -0.25) is 5.43 Å². The number of alkyl halides is 3. The van der Waals surface area contributed by atoms with Crippen LogP contribution in [-0.4, -0.2) is 12.8 Å². The highest BCUT2D eigenvalue weighted by Gasteiger charge is 2.29. The molecule has 0 saturated heterocycles. The van der Waals surface area contributed by atoms with Crippen molar-refractivity contribution in [1.29, 1.82) is 0 Å². The van der Waals surface area contributed by atoms with Crippen LogP contribution in [0.25, 0.3) is 0 Å². The second-order valence-corrected chi connectivity index (χ2v) is 5.26. The van der Waals surface area contributed by atoms with Crippen LogP contribution in [0.4, 0.5) is 24.5 Å². The normalized spacial score (nSPS) is 12.2. The number of hydrogen-bond acceptors (Lipinski definition) is 3. The third-order valence-electron chi connectivity index (χ3n) is 3.21. The van der Waals surface area contributed by atoms with Crippen molar-refractivity contribution >= 4 is 28.7 Å². The van der Waals surface area contributed by atoms with Crippen LogP contribution in [0.5, 0.6) is 0 Å². The summed E-state index contributed by atoms with van der Waals surface area (Å²) in [6.45, 7) is 1.78. The first-order valence-electron chi connectivity index (χ1n) is 6.76. The molecule has 0 aliphatic heterocycles. The summed E-state index contributed by atoms with van der Waals surface area (Å²) in [6, 6.07) is 10.0. The Morgan fingerprint density at radius 3 is 2.30 bits per heavy atom. The molecule has 2 aromatic rings. The van der Waals surface area contributed by atoms with Crippen LogP contribution in [0, 0.1) is 0 Å².